The van der Waals surface area contributed by atoms with Gasteiger partial charge in [0.15, 0.2) is 23.1 Å². The summed E-state index contributed by atoms with van der Waals surface area (Å²) in [5, 5.41) is 2.82. The number of nitrogens with one attached hydrogen (secondary N) is 1. The van der Waals surface area contributed by atoms with E-state index in [4.69, 9.17) is 4.74 Å². The van der Waals surface area contributed by atoms with Gasteiger partial charge in [-0.1, -0.05) is 82.6 Å². The molecule has 0 fully saturated rings. The molecular weight excluding hydrogens is 566 g/mol. The minimum absolute atomic E-state index is 0. The quantitative estimate of drug-likeness (QED) is 0.183. The molecule has 230 valence electrons. The number of ether oxygens (including phenoxy) is 1. The second-order valence-electron chi connectivity index (χ2n) is 10.7. The second kappa shape index (κ2) is 14.5. The first-order chi connectivity index (χ1) is 21.3. The number of fused-ring (bicyclic) bond motifs is 4. The summed E-state index contributed by atoms with van der Waals surface area (Å²) in [6.45, 7) is 5.36. The fourth-order valence-corrected chi connectivity index (χ4v) is 5.22. The molecule has 45 heavy (non-hydrogen) atoms. The molecule has 0 saturated carbocycles. The van der Waals surface area contributed by atoms with Crippen LogP contribution in [0.15, 0.2) is 84.9 Å². The van der Waals surface area contributed by atoms with Crippen LogP contribution in [0, 0.1) is 0 Å². The molecule has 2 aliphatic carbocycles. The van der Waals surface area contributed by atoms with Crippen LogP contribution in [-0.2, 0) is 0 Å². The zero-order chi connectivity index (χ0) is 31.2. The Kier molecular flexibility index (Phi) is 10.6. The minimum Gasteiger partial charge on any atom is -0.494 e. The van der Waals surface area contributed by atoms with Crippen LogP contribution in [-0.4, -0.2) is 42.2 Å². The number of amides is 1. The van der Waals surface area contributed by atoms with Crippen molar-refractivity contribution in [1.29, 1.82) is 0 Å². The van der Waals surface area contributed by atoms with Crippen LogP contribution < -0.4 is 10.1 Å². The SMILES string of the molecule is C.CCCCNC(=O)c1ccc2c(c1)C(=O)c1ccccc1C2=O.CCCCOc1ccc2c(c1)C(=O)c1ccccc1C2=O. The molecule has 6 rings (SSSR count). The summed E-state index contributed by atoms with van der Waals surface area (Å²) in [4.78, 5) is 62.2. The van der Waals surface area contributed by atoms with Gasteiger partial charge in [0.1, 0.15) is 5.75 Å². The van der Waals surface area contributed by atoms with Gasteiger partial charge in [-0.05, 0) is 49.2 Å². The van der Waals surface area contributed by atoms with Gasteiger partial charge in [-0.25, -0.2) is 0 Å². The lowest BCUT2D eigenvalue weighted by atomic mass is 9.83. The molecule has 0 aromatic heterocycles. The lowest BCUT2D eigenvalue weighted by molar-refractivity contribution is 0.0950. The van der Waals surface area contributed by atoms with Gasteiger partial charge in [0.05, 0.1) is 6.61 Å². The highest BCUT2D eigenvalue weighted by Crippen LogP contribution is 2.30. The van der Waals surface area contributed by atoms with Gasteiger partial charge < -0.3 is 10.1 Å². The van der Waals surface area contributed by atoms with E-state index in [1.165, 1.54) is 6.07 Å². The monoisotopic (exact) mass is 603 g/mol. The first-order valence-electron chi connectivity index (χ1n) is 14.9. The van der Waals surface area contributed by atoms with Crippen molar-refractivity contribution in [2.45, 2.75) is 47.0 Å². The first-order valence-corrected chi connectivity index (χ1v) is 14.9. The van der Waals surface area contributed by atoms with Crippen molar-refractivity contribution in [1.82, 2.24) is 5.32 Å². The van der Waals surface area contributed by atoms with Crippen molar-refractivity contribution in [3.05, 3.63) is 135 Å². The summed E-state index contributed by atoms with van der Waals surface area (Å²) in [6.07, 6.45) is 3.91. The molecule has 0 spiro atoms. The minimum atomic E-state index is -0.222. The maximum Gasteiger partial charge on any atom is 0.251 e. The summed E-state index contributed by atoms with van der Waals surface area (Å²) in [7, 11) is 0. The van der Waals surface area contributed by atoms with E-state index in [1.807, 2.05) is 6.92 Å². The van der Waals surface area contributed by atoms with Crippen LogP contribution in [0.2, 0.25) is 0 Å². The Morgan fingerprint density at radius 2 is 1.02 bits per heavy atom. The molecule has 7 nitrogen and oxygen atoms in total. The summed E-state index contributed by atoms with van der Waals surface area (Å²) in [5.41, 5.74) is 3.74. The van der Waals surface area contributed by atoms with Gasteiger partial charge in [0.25, 0.3) is 5.91 Å². The Morgan fingerprint density at radius 3 is 1.53 bits per heavy atom. The highest BCUT2D eigenvalue weighted by Gasteiger charge is 2.31. The lowest BCUT2D eigenvalue weighted by Gasteiger charge is -2.18. The van der Waals surface area contributed by atoms with Crippen LogP contribution in [0.4, 0.5) is 0 Å². The zero-order valence-electron chi connectivity index (χ0n) is 24.8. The van der Waals surface area contributed by atoms with Crippen molar-refractivity contribution in [3.63, 3.8) is 0 Å². The fraction of sp³-hybridized carbons (Fsp3) is 0.237. The number of carbonyl (C=O) groups is 5. The van der Waals surface area contributed by atoms with Crippen LogP contribution in [0.3, 0.4) is 0 Å². The molecule has 0 radical (unpaired) electrons. The number of ketones is 4. The van der Waals surface area contributed by atoms with Crippen LogP contribution in [0.5, 0.6) is 5.75 Å². The third-order valence-corrected chi connectivity index (χ3v) is 7.67. The van der Waals surface area contributed by atoms with Crippen molar-refractivity contribution < 1.29 is 28.7 Å². The highest BCUT2D eigenvalue weighted by atomic mass is 16.5. The van der Waals surface area contributed by atoms with Crippen LogP contribution >= 0.6 is 0 Å². The molecule has 1 amide bonds. The van der Waals surface area contributed by atoms with Crippen LogP contribution in [0.1, 0.15) is 121 Å². The van der Waals surface area contributed by atoms with Gasteiger partial charge in [-0.15, -0.1) is 0 Å². The molecule has 4 aromatic rings. The first kappa shape index (κ1) is 32.7. The standard InChI is InChI=1S/C19H17NO3.C18H16O3.CH4/c1-2-3-10-20-19(23)12-8-9-15-16(11-12)18(22)14-7-5-4-6-13(14)17(15)21;1-2-3-10-21-12-8-9-15-16(11-12)18(20)14-7-5-4-6-13(14)17(15)19;/h4-9,11H,2-3,10H2,1H3,(H,20,23);4-9,11H,2-3,10H2,1H3;1H4. The number of benzene rings is 4. The molecule has 0 heterocycles. The molecule has 4 aromatic carbocycles. The predicted molar refractivity (Wildman–Crippen MR) is 174 cm³/mol. The third-order valence-electron chi connectivity index (χ3n) is 7.67. The molecule has 0 aliphatic heterocycles. The highest BCUT2D eigenvalue weighted by molar-refractivity contribution is 6.29. The number of carbonyl (C=O) groups excluding carboxylic acids is 5. The van der Waals surface area contributed by atoms with E-state index < -0.39 is 0 Å². The Hall–Kier alpha value is -5.17. The van der Waals surface area contributed by atoms with E-state index >= 15 is 0 Å². The van der Waals surface area contributed by atoms with E-state index in [2.05, 4.69) is 12.2 Å². The van der Waals surface area contributed by atoms with E-state index in [0.29, 0.717) is 69.0 Å². The van der Waals surface area contributed by atoms with Gasteiger partial charge in [0.2, 0.25) is 0 Å². The number of hydrogen-bond donors (Lipinski definition) is 1. The van der Waals surface area contributed by atoms with Gasteiger partial charge >= 0.3 is 0 Å². The second-order valence-corrected chi connectivity index (χ2v) is 10.7. The largest absolute Gasteiger partial charge is 0.494 e. The smallest absolute Gasteiger partial charge is 0.251 e. The van der Waals surface area contributed by atoms with Gasteiger partial charge in [-0.2, -0.15) is 0 Å². The zero-order valence-corrected chi connectivity index (χ0v) is 24.8. The fourth-order valence-electron chi connectivity index (χ4n) is 5.22. The van der Waals surface area contributed by atoms with E-state index in [-0.39, 0.29) is 36.5 Å². The molecule has 0 saturated heterocycles. The summed E-state index contributed by atoms with van der Waals surface area (Å²) in [6, 6.07) is 23.5. The Morgan fingerprint density at radius 1 is 0.578 bits per heavy atom. The Labute approximate surface area is 263 Å². The average Bonchev–Trinajstić information content (AvgIpc) is 3.06. The maximum atomic E-state index is 12.6. The van der Waals surface area contributed by atoms with Crippen molar-refractivity contribution in [2.75, 3.05) is 13.2 Å². The van der Waals surface area contributed by atoms with Gasteiger partial charge in [0, 0.05) is 56.6 Å². The Balaban J connectivity index is 0.000000201. The summed E-state index contributed by atoms with van der Waals surface area (Å²) in [5.74, 6) is -0.170. The molecule has 0 bridgehead atoms. The van der Waals surface area contributed by atoms with E-state index in [9.17, 15) is 24.0 Å². The summed E-state index contributed by atoms with van der Waals surface area (Å²) < 4.78 is 5.62. The maximum absolute atomic E-state index is 12.6. The molecule has 1 N–H and O–H groups in total. The molecule has 0 atom stereocenters. The lowest BCUT2D eigenvalue weighted by Crippen LogP contribution is -2.26. The predicted octanol–water partition coefficient (Wildman–Crippen LogP) is 7.27. The third kappa shape index (κ3) is 6.68. The summed E-state index contributed by atoms with van der Waals surface area (Å²) >= 11 is 0. The van der Waals surface area contributed by atoms with Crippen LogP contribution in [0.25, 0.3) is 0 Å². The Bertz CT molecular complexity index is 1790. The normalized spacial score (nSPS) is 12.4. The van der Waals surface area contributed by atoms with Crippen molar-refractivity contribution in [3.8, 4) is 5.75 Å². The van der Waals surface area contributed by atoms with Gasteiger partial charge in [-0.3, -0.25) is 24.0 Å². The number of rotatable bonds is 8. The molecule has 7 heteroatoms. The number of hydrogen-bond acceptors (Lipinski definition) is 6. The topological polar surface area (TPSA) is 107 Å². The van der Waals surface area contributed by atoms with E-state index in [0.717, 1.165) is 25.7 Å². The molecule has 0 unspecified atom stereocenters. The van der Waals surface area contributed by atoms with Crippen molar-refractivity contribution in [2.24, 2.45) is 0 Å². The van der Waals surface area contributed by atoms with E-state index in [1.54, 1.807) is 78.9 Å². The van der Waals surface area contributed by atoms with Crippen molar-refractivity contribution >= 4 is 29.0 Å². The number of unbranched alkanes of at least 4 members (excludes halogenated alkanes) is 2. The average molecular weight is 604 g/mol. The molecular formula is C38H37NO6. The molecule has 2 aliphatic rings.